The van der Waals surface area contributed by atoms with Crippen LogP contribution in [0.1, 0.15) is 109 Å². The van der Waals surface area contributed by atoms with Gasteiger partial charge in [-0.25, -0.2) is 37.7 Å². The van der Waals surface area contributed by atoms with E-state index in [0.29, 0.717) is 103 Å². The Morgan fingerprint density at radius 3 is 2.22 bits per heavy atom. The lowest BCUT2D eigenvalue weighted by Gasteiger charge is -2.38. The van der Waals surface area contributed by atoms with Crippen LogP contribution in [0.4, 0.5) is 22.0 Å². The molecule has 81 heavy (non-hydrogen) atoms. The van der Waals surface area contributed by atoms with Crippen LogP contribution in [-0.2, 0) is 19.4 Å². The average Bonchev–Trinajstić information content (AvgIpc) is 4.24. The third-order valence-electron chi connectivity index (χ3n) is 15.1. The molecule has 0 radical (unpaired) electrons. The van der Waals surface area contributed by atoms with Crippen LogP contribution >= 0.6 is 51.8 Å². The molecule has 2 aromatic carbocycles. The van der Waals surface area contributed by atoms with Crippen molar-refractivity contribution in [3.8, 4) is 5.75 Å². The highest BCUT2D eigenvalue weighted by Gasteiger charge is 2.42. The number of ether oxygens (including phenoxy) is 1. The van der Waals surface area contributed by atoms with Crippen molar-refractivity contribution in [3.63, 3.8) is 0 Å². The molecule has 9 rings (SSSR count). The number of sulfone groups is 1. The van der Waals surface area contributed by atoms with Gasteiger partial charge in [0.2, 0.25) is 23.5 Å². The van der Waals surface area contributed by atoms with Crippen molar-refractivity contribution in [2.45, 2.75) is 101 Å². The number of nitrogens with one attached hydrogen (secondary N) is 4. The van der Waals surface area contributed by atoms with Gasteiger partial charge in [0.25, 0.3) is 5.91 Å². The molecule has 3 atom stereocenters. The molecule has 27 heteroatoms. The van der Waals surface area contributed by atoms with Crippen molar-refractivity contribution in [3.05, 3.63) is 99.4 Å². The number of aromatic nitrogens is 7. The highest BCUT2D eigenvalue weighted by atomic mass is 32.2. The number of piperidine rings is 1. The number of anilines is 3. The molecular formula is C54H73FN14O7S5. The number of carbonyl (C=O) groups excluding carboxylic acids is 4. The predicted octanol–water partition coefficient (Wildman–Crippen LogP) is 6.14. The van der Waals surface area contributed by atoms with Crippen LogP contribution in [0.3, 0.4) is 0 Å². The van der Waals surface area contributed by atoms with Crippen molar-refractivity contribution >= 4 is 114 Å². The second-order valence-corrected chi connectivity index (χ2v) is 24.7. The zero-order valence-corrected chi connectivity index (χ0v) is 51.1. The number of aryl methyl sites for hydroxylation is 1. The molecule has 3 aliphatic heterocycles. The number of H-pyrrole nitrogens is 1. The number of aromatic amines is 1. The van der Waals surface area contributed by atoms with Gasteiger partial charge in [0, 0.05) is 98.4 Å². The van der Waals surface area contributed by atoms with E-state index in [1.54, 1.807) is 74.4 Å². The minimum Gasteiger partial charge on any atom is -0.492 e. The van der Waals surface area contributed by atoms with Crippen molar-refractivity contribution in [2.75, 3.05) is 76.2 Å². The lowest BCUT2D eigenvalue weighted by Crippen LogP contribution is -2.57. The standard InChI is InChI=1S/C54H67FN14O7S2.3H2S/c1-32-33(2)64-65-47(32)63-48-39-26-44(78(74,75)54(4,5)6)43(27-40(39)59-31-60-48)76-25-9-17-66-21-23-68(24-22-66)53-57-28-37(29-58-53)51(72)67-19-15-35(16-20-67)45(62-49(71)34(3)56-7)52(73)69-18-8-10-42(69)50-61-41(30-77-50)46(70)36-11-13-38(55)14-12-36;;;/h11-14,26-31,34-35,42,45,56H,8-10,15-25H2,1-7H3,(H,62,71)(H2,59,60,63,64,65);3*1H2/t34-,42-,45-;;;/m0.../s1. The molecule has 0 spiro atoms. The maximum Gasteiger partial charge on any atom is 0.256 e. The van der Waals surface area contributed by atoms with Gasteiger partial charge in [0.05, 0.1) is 34.5 Å². The van der Waals surface area contributed by atoms with E-state index in [9.17, 15) is 32.0 Å². The number of thiazole rings is 1. The monoisotopic (exact) mass is 1210 g/mol. The van der Waals surface area contributed by atoms with E-state index >= 15 is 0 Å². The van der Waals surface area contributed by atoms with Gasteiger partial charge in [0.1, 0.15) is 45.4 Å². The highest BCUT2D eigenvalue weighted by molar-refractivity contribution is 7.92. The molecule has 438 valence electrons. The number of rotatable bonds is 18. The molecule has 21 nitrogen and oxygen atoms in total. The number of amides is 3. The third kappa shape index (κ3) is 14.3. The van der Waals surface area contributed by atoms with Crippen LogP contribution in [0.2, 0.25) is 0 Å². The first-order chi connectivity index (χ1) is 37.3. The van der Waals surface area contributed by atoms with Gasteiger partial charge in [-0.2, -0.15) is 45.6 Å². The fraction of sp³-hybridized carbons (Fsp3) is 0.481. The quantitative estimate of drug-likeness (QED) is 0.0557. The third-order valence-corrected chi connectivity index (χ3v) is 18.5. The number of fused-ring (bicyclic) bond motifs is 1. The second kappa shape index (κ2) is 27.4. The van der Waals surface area contributed by atoms with Crippen LogP contribution in [0.5, 0.6) is 5.75 Å². The summed E-state index contributed by atoms with van der Waals surface area (Å²) >= 11 is 1.30. The molecule has 3 amide bonds. The summed E-state index contributed by atoms with van der Waals surface area (Å²) in [5.41, 5.74) is 3.24. The molecule has 3 fully saturated rings. The number of halogens is 1. The van der Waals surface area contributed by atoms with Gasteiger partial charge in [-0.3, -0.25) is 29.2 Å². The van der Waals surface area contributed by atoms with Gasteiger partial charge in [-0.15, -0.1) is 11.3 Å². The zero-order chi connectivity index (χ0) is 55.5. The molecule has 6 aromatic rings. The molecule has 3 saturated heterocycles. The maximum atomic E-state index is 14.6. The molecular weight excluding hydrogens is 1140 g/mol. The van der Waals surface area contributed by atoms with Gasteiger partial charge >= 0.3 is 0 Å². The Labute approximate surface area is 496 Å². The minimum atomic E-state index is -3.84. The number of nitrogens with zero attached hydrogens (tertiary/aromatic N) is 10. The number of benzene rings is 2. The summed E-state index contributed by atoms with van der Waals surface area (Å²) in [7, 11) is -2.17. The Bertz CT molecular complexity index is 3270. The van der Waals surface area contributed by atoms with Crippen molar-refractivity contribution < 1.29 is 36.7 Å². The molecule has 0 aliphatic carbocycles. The largest absolute Gasteiger partial charge is 0.492 e. The minimum absolute atomic E-state index is 0. The lowest BCUT2D eigenvalue weighted by molar-refractivity contribution is -0.139. The number of likely N-dealkylation sites (tertiary alicyclic amines) is 2. The summed E-state index contributed by atoms with van der Waals surface area (Å²) in [6.07, 6.45) is 7.50. The van der Waals surface area contributed by atoms with Crippen molar-refractivity contribution in [1.29, 1.82) is 0 Å². The van der Waals surface area contributed by atoms with Crippen molar-refractivity contribution in [1.82, 2.24) is 60.5 Å². The van der Waals surface area contributed by atoms with E-state index in [-0.39, 0.29) is 98.9 Å². The fourth-order valence-electron chi connectivity index (χ4n) is 9.94. The first-order valence-electron chi connectivity index (χ1n) is 26.4. The Morgan fingerprint density at radius 1 is 0.889 bits per heavy atom. The molecule has 4 aromatic heterocycles. The van der Waals surface area contributed by atoms with Crippen LogP contribution in [0, 0.1) is 25.6 Å². The molecule has 7 heterocycles. The topological polar surface area (TPSA) is 254 Å². The normalized spacial score (nSPS) is 16.9. The maximum absolute atomic E-state index is 14.6. The average molecular weight is 1210 g/mol. The summed E-state index contributed by atoms with van der Waals surface area (Å²) in [6, 6.07) is 6.78. The van der Waals surface area contributed by atoms with Gasteiger partial charge in [-0.05, 0) is 117 Å². The fourth-order valence-corrected chi connectivity index (χ4v) is 12.2. The summed E-state index contributed by atoms with van der Waals surface area (Å²) in [5.74, 6) is 0.00116. The van der Waals surface area contributed by atoms with E-state index in [1.807, 2.05) is 13.8 Å². The first-order valence-corrected chi connectivity index (χ1v) is 28.7. The van der Waals surface area contributed by atoms with Crippen LogP contribution in [0.15, 0.2) is 65.4 Å². The van der Waals surface area contributed by atoms with E-state index in [1.165, 1.54) is 41.9 Å². The molecule has 4 N–H and O–H groups in total. The Balaban J connectivity index is 0.00000352. The van der Waals surface area contributed by atoms with Crippen LogP contribution < -0.4 is 25.6 Å². The SMILES string of the molecule is CN[C@@H](C)C(=O)N[C@H](C(=O)N1CCC[C@H]1c1nc(C(=O)c2ccc(F)cc2)cs1)C1CCN(C(=O)c2cnc(N3CCN(CCCOc4cc5ncnc(Nc6n[nH]c(C)c6C)c5cc4S(=O)(=O)C(C)(C)C)CC3)nc2)CC1.S.S.S. The number of hydrogen-bond donors (Lipinski definition) is 4. The number of ketones is 1. The number of hydrogen-bond acceptors (Lipinski definition) is 18. The Hall–Kier alpha value is -5.97. The summed E-state index contributed by atoms with van der Waals surface area (Å²) in [4.78, 5) is 85.6. The number of carbonyl (C=O) groups is 4. The zero-order valence-electron chi connectivity index (χ0n) is 46.5. The van der Waals surface area contributed by atoms with Crippen LogP contribution in [0.25, 0.3) is 10.9 Å². The smallest absolute Gasteiger partial charge is 0.256 e. The van der Waals surface area contributed by atoms with Gasteiger partial charge in [0.15, 0.2) is 15.7 Å². The highest BCUT2D eigenvalue weighted by Crippen LogP contribution is 2.39. The van der Waals surface area contributed by atoms with Crippen molar-refractivity contribution in [2.24, 2.45) is 5.92 Å². The summed E-state index contributed by atoms with van der Waals surface area (Å²) < 4.78 is 46.7. The lowest BCUT2D eigenvalue weighted by atomic mass is 9.87. The molecule has 3 aliphatic rings. The van der Waals surface area contributed by atoms with Gasteiger partial charge < -0.3 is 35.4 Å². The van der Waals surface area contributed by atoms with Gasteiger partial charge in [-0.1, -0.05) is 0 Å². The Morgan fingerprint density at radius 2 is 1.58 bits per heavy atom. The summed E-state index contributed by atoms with van der Waals surface area (Å²) in [5, 5.41) is 19.3. The second-order valence-electron chi connectivity index (χ2n) is 21.1. The van der Waals surface area contributed by atoms with E-state index < -0.39 is 32.5 Å². The number of likely N-dealkylation sites (N-methyl/N-ethyl adjacent to an activating group) is 1. The van der Waals surface area contributed by atoms with E-state index in [2.05, 4.69) is 60.9 Å². The summed E-state index contributed by atoms with van der Waals surface area (Å²) in [6.45, 7) is 15.6. The molecule has 0 bridgehead atoms. The number of piperazine rings is 1. The van der Waals surface area contributed by atoms with E-state index in [0.717, 1.165) is 37.3 Å². The van der Waals surface area contributed by atoms with Crippen LogP contribution in [-0.4, -0.2) is 165 Å². The predicted molar refractivity (Wildman–Crippen MR) is 324 cm³/mol. The first kappa shape index (κ1) is 64.2. The van der Waals surface area contributed by atoms with E-state index in [4.69, 9.17) is 4.74 Å². The molecule has 0 unspecified atom stereocenters. The Kier molecular flexibility index (Phi) is 21.7. The molecule has 0 saturated carbocycles.